The molecule has 0 fully saturated rings. The molecule has 0 atom stereocenters. The van der Waals surface area contributed by atoms with Crippen LogP contribution in [0.4, 0.5) is 0 Å². The molecule has 0 unspecified atom stereocenters. The Hall–Kier alpha value is -1.80. The molecule has 4 nitrogen and oxygen atoms in total. The number of aldehydes is 1. The average Bonchev–Trinajstić information content (AvgIpc) is 2.34. The predicted molar refractivity (Wildman–Crippen MR) is 62.0 cm³/mol. The van der Waals surface area contributed by atoms with Gasteiger partial charge in [-0.25, -0.2) is 0 Å². The molecule has 0 aromatic heterocycles. The van der Waals surface area contributed by atoms with Crippen LogP contribution in [0, 0.1) is 11.3 Å². The predicted octanol–water partition coefficient (Wildman–Crippen LogP) is 1.79. The molecule has 0 spiro atoms. The number of nitrogens with zero attached hydrogens (tertiary/aromatic N) is 1. The van der Waals surface area contributed by atoms with Crippen LogP contribution >= 0.6 is 11.9 Å². The van der Waals surface area contributed by atoms with Gasteiger partial charge in [-0.1, -0.05) is 18.2 Å². The van der Waals surface area contributed by atoms with Gasteiger partial charge in [-0.3, -0.25) is 14.3 Å². The van der Waals surface area contributed by atoms with E-state index in [1.807, 2.05) is 6.07 Å². The number of rotatable bonds is 5. The summed E-state index contributed by atoms with van der Waals surface area (Å²) in [5.74, 6) is 0.219. The molecule has 1 amide bonds. The molecular weight excluding hydrogens is 224 g/mol. The summed E-state index contributed by atoms with van der Waals surface area (Å²) >= 11 is 1.16. The van der Waals surface area contributed by atoms with Gasteiger partial charge in [-0.05, 0) is 18.0 Å². The Bertz CT molecular complexity index is 426. The van der Waals surface area contributed by atoms with Crippen molar-refractivity contribution in [3.8, 4) is 6.07 Å². The number of hydrogen-bond donors (Lipinski definition) is 1. The quantitative estimate of drug-likeness (QED) is 0.479. The fourth-order valence-electron chi connectivity index (χ4n) is 1.07. The van der Waals surface area contributed by atoms with Crippen molar-refractivity contribution in [2.75, 3.05) is 5.75 Å². The van der Waals surface area contributed by atoms with E-state index in [-0.39, 0.29) is 5.91 Å². The SMILES string of the molecule is N#CCCSNC(=O)c1ccccc1C=O. The zero-order chi connectivity index (χ0) is 11.8. The third-order valence-electron chi connectivity index (χ3n) is 1.81. The summed E-state index contributed by atoms with van der Waals surface area (Å²) in [6, 6.07) is 8.54. The summed E-state index contributed by atoms with van der Waals surface area (Å²) in [6.07, 6.45) is 1.02. The van der Waals surface area contributed by atoms with E-state index in [1.54, 1.807) is 24.3 Å². The van der Waals surface area contributed by atoms with Gasteiger partial charge in [0, 0.05) is 17.7 Å². The highest BCUT2D eigenvalue weighted by molar-refractivity contribution is 7.97. The average molecular weight is 234 g/mol. The molecule has 16 heavy (non-hydrogen) atoms. The van der Waals surface area contributed by atoms with Gasteiger partial charge in [0.15, 0.2) is 6.29 Å². The Morgan fingerprint density at radius 1 is 1.50 bits per heavy atom. The number of carbonyl (C=O) groups is 2. The summed E-state index contributed by atoms with van der Waals surface area (Å²) in [5.41, 5.74) is 0.711. The Morgan fingerprint density at radius 2 is 2.25 bits per heavy atom. The summed E-state index contributed by atoms with van der Waals surface area (Å²) in [4.78, 5) is 22.3. The van der Waals surface area contributed by atoms with Gasteiger partial charge in [0.05, 0.1) is 11.6 Å². The molecule has 5 heteroatoms. The van der Waals surface area contributed by atoms with Crippen molar-refractivity contribution in [2.24, 2.45) is 0 Å². The van der Waals surface area contributed by atoms with Gasteiger partial charge in [0.1, 0.15) is 0 Å². The number of nitrogens with one attached hydrogen (secondary N) is 1. The molecule has 1 aromatic rings. The Morgan fingerprint density at radius 3 is 2.94 bits per heavy atom. The number of hydrogen-bond acceptors (Lipinski definition) is 4. The number of amides is 1. The van der Waals surface area contributed by atoms with Crippen molar-refractivity contribution >= 4 is 24.1 Å². The van der Waals surface area contributed by atoms with E-state index in [0.29, 0.717) is 29.6 Å². The standard InChI is InChI=1S/C11H10N2O2S/c12-6-3-7-16-13-11(15)10-5-2-1-4-9(10)8-14/h1-2,4-5,8H,3,7H2,(H,13,15). The second kappa shape index (κ2) is 6.64. The largest absolute Gasteiger partial charge is 0.298 e. The molecule has 1 rings (SSSR count). The molecule has 82 valence electrons. The highest BCUT2D eigenvalue weighted by atomic mass is 32.2. The van der Waals surface area contributed by atoms with Gasteiger partial charge < -0.3 is 0 Å². The second-order valence-electron chi connectivity index (χ2n) is 2.89. The topological polar surface area (TPSA) is 70.0 Å². The molecule has 0 bridgehead atoms. The van der Waals surface area contributed by atoms with Crippen molar-refractivity contribution in [1.82, 2.24) is 4.72 Å². The first kappa shape index (κ1) is 12.3. The molecule has 0 saturated carbocycles. The fraction of sp³-hybridized carbons (Fsp3) is 0.182. The molecule has 0 aliphatic rings. The second-order valence-corrected chi connectivity index (χ2v) is 3.79. The zero-order valence-electron chi connectivity index (χ0n) is 8.47. The van der Waals surface area contributed by atoms with Crippen LogP contribution in [0.1, 0.15) is 27.1 Å². The van der Waals surface area contributed by atoms with Crippen molar-refractivity contribution in [1.29, 1.82) is 5.26 Å². The molecule has 0 radical (unpaired) electrons. The molecule has 1 N–H and O–H groups in total. The summed E-state index contributed by atoms with van der Waals surface area (Å²) in [5, 5.41) is 8.31. The lowest BCUT2D eigenvalue weighted by Gasteiger charge is -2.04. The maximum Gasteiger partial charge on any atom is 0.261 e. The van der Waals surface area contributed by atoms with Crippen molar-refractivity contribution in [3.63, 3.8) is 0 Å². The first-order chi connectivity index (χ1) is 7.79. The van der Waals surface area contributed by atoms with E-state index in [2.05, 4.69) is 4.72 Å². The van der Waals surface area contributed by atoms with Gasteiger partial charge in [-0.2, -0.15) is 5.26 Å². The third kappa shape index (κ3) is 3.41. The maximum absolute atomic E-state index is 11.6. The highest BCUT2D eigenvalue weighted by Crippen LogP contribution is 2.08. The van der Waals surface area contributed by atoms with Gasteiger partial charge in [0.2, 0.25) is 0 Å². The van der Waals surface area contributed by atoms with Crippen LogP contribution in [0.2, 0.25) is 0 Å². The summed E-state index contributed by atoms with van der Waals surface area (Å²) in [7, 11) is 0. The lowest BCUT2D eigenvalue weighted by atomic mass is 10.1. The fourth-order valence-corrected chi connectivity index (χ4v) is 1.61. The van der Waals surface area contributed by atoms with Crippen LogP contribution in [-0.4, -0.2) is 17.9 Å². The van der Waals surface area contributed by atoms with E-state index >= 15 is 0 Å². The monoisotopic (exact) mass is 234 g/mol. The smallest absolute Gasteiger partial charge is 0.261 e. The minimum atomic E-state index is -0.314. The molecule has 1 aromatic carbocycles. The van der Waals surface area contributed by atoms with Gasteiger partial charge >= 0.3 is 0 Å². The Kier molecular flexibility index (Phi) is 5.09. The van der Waals surface area contributed by atoms with E-state index in [9.17, 15) is 9.59 Å². The number of nitriles is 1. The first-order valence-corrected chi connectivity index (χ1v) is 5.61. The molecule has 0 aliphatic carbocycles. The molecule has 0 saturated heterocycles. The van der Waals surface area contributed by atoms with E-state index < -0.39 is 0 Å². The van der Waals surface area contributed by atoms with E-state index in [4.69, 9.17) is 5.26 Å². The van der Waals surface area contributed by atoms with Crippen molar-refractivity contribution in [2.45, 2.75) is 6.42 Å². The minimum absolute atomic E-state index is 0.314. The van der Waals surface area contributed by atoms with Gasteiger partial charge in [-0.15, -0.1) is 0 Å². The Balaban J connectivity index is 2.59. The number of benzene rings is 1. The van der Waals surface area contributed by atoms with Crippen molar-refractivity contribution in [3.05, 3.63) is 35.4 Å². The van der Waals surface area contributed by atoms with E-state index in [1.165, 1.54) is 0 Å². The number of carbonyl (C=O) groups excluding carboxylic acids is 2. The summed E-state index contributed by atoms with van der Waals surface area (Å²) in [6.45, 7) is 0. The molecule has 0 aliphatic heterocycles. The van der Waals surface area contributed by atoms with Crippen LogP contribution in [0.25, 0.3) is 0 Å². The van der Waals surface area contributed by atoms with Crippen LogP contribution in [-0.2, 0) is 0 Å². The molecular formula is C11H10N2O2S. The third-order valence-corrected chi connectivity index (χ3v) is 2.55. The minimum Gasteiger partial charge on any atom is -0.298 e. The normalized spacial score (nSPS) is 9.19. The van der Waals surface area contributed by atoms with Crippen LogP contribution in [0.15, 0.2) is 24.3 Å². The lowest BCUT2D eigenvalue weighted by molar-refractivity contribution is 0.0978. The highest BCUT2D eigenvalue weighted by Gasteiger charge is 2.09. The maximum atomic E-state index is 11.6. The first-order valence-electron chi connectivity index (χ1n) is 4.63. The summed E-state index contributed by atoms with van der Waals surface area (Å²) < 4.78 is 2.58. The van der Waals surface area contributed by atoms with Gasteiger partial charge in [0.25, 0.3) is 5.91 Å². The van der Waals surface area contributed by atoms with Crippen LogP contribution in [0.5, 0.6) is 0 Å². The van der Waals surface area contributed by atoms with Crippen molar-refractivity contribution < 1.29 is 9.59 Å². The molecule has 0 heterocycles. The zero-order valence-corrected chi connectivity index (χ0v) is 9.29. The van der Waals surface area contributed by atoms with Crippen LogP contribution in [0.3, 0.4) is 0 Å². The Labute approximate surface area is 97.8 Å². The lowest BCUT2D eigenvalue weighted by Crippen LogP contribution is -2.18. The van der Waals surface area contributed by atoms with E-state index in [0.717, 1.165) is 11.9 Å². The van der Waals surface area contributed by atoms with Crippen LogP contribution < -0.4 is 4.72 Å².